The average Bonchev–Trinajstić information content (AvgIpc) is 3.34. The smallest absolute Gasteiger partial charge is 0.243 e. The second kappa shape index (κ2) is 8.08. The van der Waals surface area contributed by atoms with Crippen LogP contribution in [0.25, 0.3) is 0 Å². The normalized spacial score (nSPS) is 17.5. The van der Waals surface area contributed by atoms with Crippen molar-refractivity contribution in [2.24, 2.45) is 7.05 Å². The van der Waals surface area contributed by atoms with Gasteiger partial charge in [0.15, 0.2) is 0 Å². The Kier molecular flexibility index (Phi) is 5.68. The molecule has 1 amide bonds. The molecule has 1 aromatic carbocycles. The van der Waals surface area contributed by atoms with Crippen LogP contribution in [0, 0.1) is 0 Å². The topological polar surface area (TPSA) is 75.5 Å². The molecule has 4 rings (SSSR count). The van der Waals surface area contributed by atoms with E-state index < -0.39 is 10.0 Å². The van der Waals surface area contributed by atoms with Crippen LogP contribution in [0.3, 0.4) is 0 Å². The number of aromatic nitrogens is 2. The predicted molar refractivity (Wildman–Crippen MR) is 110 cm³/mol. The van der Waals surface area contributed by atoms with Crippen molar-refractivity contribution >= 4 is 27.5 Å². The number of carbonyl (C=O) groups is 1. The summed E-state index contributed by atoms with van der Waals surface area (Å²) in [5, 5.41) is 4.99. The third-order valence-electron chi connectivity index (χ3n) is 5.76. The summed E-state index contributed by atoms with van der Waals surface area (Å²) in [4.78, 5) is 14.5. The van der Waals surface area contributed by atoms with Crippen LogP contribution in [-0.4, -0.2) is 52.9 Å². The lowest BCUT2D eigenvalue weighted by Gasteiger charge is -2.27. The zero-order chi connectivity index (χ0) is 20.6. The molecule has 2 aliphatic rings. The van der Waals surface area contributed by atoms with E-state index in [2.05, 4.69) is 5.10 Å². The molecule has 3 heterocycles. The van der Waals surface area contributed by atoms with Gasteiger partial charge in [-0.2, -0.15) is 9.40 Å². The van der Waals surface area contributed by atoms with Crippen LogP contribution < -0.4 is 0 Å². The zero-order valence-corrected chi connectivity index (χ0v) is 18.0. The quantitative estimate of drug-likeness (QED) is 0.721. The molecule has 29 heavy (non-hydrogen) atoms. The van der Waals surface area contributed by atoms with Crippen LogP contribution in [0.1, 0.15) is 36.2 Å². The van der Waals surface area contributed by atoms with Gasteiger partial charge in [-0.1, -0.05) is 17.7 Å². The highest BCUT2D eigenvalue weighted by atomic mass is 35.5. The van der Waals surface area contributed by atoms with Gasteiger partial charge in [-0.15, -0.1) is 0 Å². The predicted octanol–water partition coefficient (Wildman–Crippen LogP) is 2.38. The maximum Gasteiger partial charge on any atom is 0.243 e. The second-order valence-corrected chi connectivity index (χ2v) is 10.0. The van der Waals surface area contributed by atoms with E-state index in [-0.39, 0.29) is 17.3 Å². The SMILES string of the molecule is Cn1nc(CCC(=O)N2CCCC2)c2c1CCN(S(=O)(=O)c1cccc(Cl)c1)C2. The van der Waals surface area contributed by atoms with Gasteiger partial charge in [0.05, 0.1) is 10.6 Å². The van der Waals surface area contributed by atoms with Crippen molar-refractivity contribution in [2.75, 3.05) is 19.6 Å². The van der Waals surface area contributed by atoms with Crippen molar-refractivity contribution in [3.63, 3.8) is 0 Å². The van der Waals surface area contributed by atoms with E-state index >= 15 is 0 Å². The summed E-state index contributed by atoms with van der Waals surface area (Å²) in [6, 6.07) is 6.34. The lowest BCUT2D eigenvalue weighted by Crippen LogP contribution is -2.36. The van der Waals surface area contributed by atoms with Crippen molar-refractivity contribution < 1.29 is 13.2 Å². The average molecular weight is 437 g/mol. The molecule has 0 bridgehead atoms. The molecule has 0 spiro atoms. The Bertz CT molecular complexity index is 1030. The van der Waals surface area contributed by atoms with Crippen molar-refractivity contribution in [1.82, 2.24) is 19.0 Å². The molecule has 2 aliphatic heterocycles. The molecule has 0 radical (unpaired) electrons. The van der Waals surface area contributed by atoms with E-state index in [9.17, 15) is 13.2 Å². The summed E-state index contributed by atoms with van der Waals surface area (Å²) in [7, 11) is -1.76. The molecular formula is C20H25ClN4O3S. The summed E-state index contributed by atoms with van der Waals surface area (Å²) >= 11 is 5.99. The molecule has 1 fully saturated rings. The van der Waals surface area contributed by atoms with E-state index in [1.54, 1.807) is 18.2 Å². The Morgan fingerprint density at radius 3 is 2.69 bits per heavy atom. The van der Waals surface area contributed by atoms with Gasteiger partial charge in [0.1, 0.15) is 0 Å². The zero-order valence-electron chi connectivity index (χ0n) is 16.5. The fourth-order valence-electron chi connectivity index (χ4n) is 4.18. The second-order valence-electron chi connectivity index (χ2n) is 7.63. The number of sulfonamides is 1. The molecule has 0 atom stereocenters. The van der Waals surface area contributed by atoms with Gasteiger partial charge in [-0.3, -0.25) is 9.48 Å². The lowest BCUT2D eigenvalue weighted by atomic mass is 10.0. The maximum absolute atomic E-state index is 13.1. The minimum Gasteiger partial charge on any atom is -0.343 e. The van der Waals surface area contributed by atoms with E-state index in [1.165, 1.54) is 10.4 Å². The summed E-state index contributed by atoms with van der Waals surface area (Å²) < 4.78 is 29.5. The number of amides is 1. The van der Waals surface area contributed by atoms with Crippen LogP contribution in [0.2, 0.25) is 5.02 Å². The molecular weight excluding hydrogens is 412 g/mol. The van der Waals surface area contributed by atoms with Crippen LogP contribution in [-0.2, 0) is 41.3 Å². The first-order chi connectivity index (χ1) is 13.9. The van der Waals surface area contributed by atoms with E-state index in [1.807, 2.05) is 16.6 Å². The molecule has 9 heteroatoms. The molecule has 7 nitrogen and oxygen atoms in total. The molecule has 1 aromatic heterocycles. The maximum atomic E-state index is 13.1. The van der Waals surface area contributed by atoms with Crippen LogP contribution in [0.5, 0.6) is 0 Å². The molecule has 0 saturated carbocycles. The number of aryl methyl sites for hydroxylation is 2. The first-order valence-corrected chi connectivity index (χ1v) is 11.7. The first-order valence-electron chi connectivity index (χ1n) is 9.93. The Morgan fingerprint density at radius 1 is 1.21 bits per heavy atom. The third kappa shape index (κ3) is 4.06. The van der Waals surface area contributed by atoms with Crippen molar-refractivity contribution in [3.8, 4) is 0 Å². The van der Waals surface area contributed by atoms with Gasteiger partial charge < -0.3 is 4.90 Å². The standard InChI is InChI=1S/C20H25ClN4O3S/c1-23-19-9-12-25(29(27,28)16-6-4-5-15(21)13-16)14-17(19)18(22-23)7-8-20(26)24-10-2-3-11-24/h4-6,13H,2-3,7-12,14H2,1H3. The van der Waals surface area contributed by atoms with Crippen LogP contribution in [0.15, 0.2) is 29.2 Å². The molecule has 0 N–H and O–H groups in total. The van der Waals surface area contributed by atoms with Gasteiger partial charge in [0.2, 0.25) is 15.9 Å². The van der Waals surface area contributed by atoms with E-state index in [0.29, 0.717) is 30.8 Å². The number of rotatable bonds is 5. The summed E-state index contributed by atoms with van der Waals surface area (Å²) in [6.07, 6.45) is 3.68. The highest BCUT2D eigenvalue weighted by Gasteiger charge is 2.32. The number of likely N-dealkylation sites (tertiary alicyclic amines) is 1. The number of hydrogen-bond acceptors (Lipinski definition) is 4. The largest absolute Gasteiger partial charge is 0.343 e. The molecule has 1 saturated heterocycles. The van der Waals surface area contributed by atoms with Gasteiger partial charge in [-0.05, 0) is 31.0 Å². The monoisotopic (exact) mass is 436 g/mol. The van der Waals surface area contributed by atoms with Gasteiger partial charge in [-0.25, -0.2) is 8.42 Å². The van der Waals surface area contributed by atoms with Crippen LogP contribution >= 0.6 is 11.6 Å². The van der Waals surface area contributed by atoms with Gasteiger partial charge >= 0.3 is 0 Å². The van der Waals surface area contributed by atoms with Crippen molar-refractivity contribution in [3.05, 3.63) is 46.2 Å². The van der Waals surface area contributed by atoms with Gasteiger partial charge in [0, 0.05) is 68.8 Å². The summed E-state index contributed by atoms with van der Waals surface area (Å²) in [5.74, 6) is 0.154. The lowest BCUT2D eigenvalue weighted by molar-refractivity contribution is -0.130. The Hall–Kier alpha value is -1.90. The number of nitrogens with zero attached hydrogens (tertiary/aromatic N) is 4. The molecule has 0 unspecified atom stereocenters. The van der Waals surface area contributed by atoms with E-state index in [4.69, 9.17) is 11.6 Å². The molecule has 2 aromatic rings. The van der Waals surface area contributed by atoms with E-state index in [0.717, 1.165) is 42.9 Å². The number of fused-ring (bicyclic) bond motifs is 1. The molecule has 156 valence electrons. The number of carbonyl (C=O) groups excluding carboxylic acids is 1. The highest BCUT2D eigenvalue weighted by Crippen LogP contribution is 2.28. The number of hydrogen-bond donors (Lipinski definition) is 0. The number of halogens is 1. The number of benzene rings is 1. The third-order valence-corrected chi connectivity index (χ3v) is 7.84. The van der Waals surface area contributed by atoms with Crippen molar-refractivity contribution in [2.45, 2.75) is 43.5 Å². The Balaban J connectivity index is 1.53. The van der Waals surface area contributed by atoms with Crippen molar-refractivity contribution in [1.29, 1.82) is 0 Å². The fourth-order valence-corrected chi connectivity index (χ4v) is 5.89. The summed E-state index contributed by atoms with van der Waals surface area (Å²) in [6.45, 7) is 2.34. The minimum atomic E-state index is -3.64. The van der Waals surface area contributed by atoms with Gasteiger partial charge in [0.25, 0.3) is 0 Å². The Morgan fingerprint density at radius 2 is 1.97 bits per heavy atom. The van der Waals surface area contributed by atoms with Crippen LogP contribution in [0.4, 0.5) is 0 Å². The minimum absolute atomic E-state index is 0.154. The molecule has 0 aliphatic carbocycles. The first kappa shape index (κ1) is 20.4. The fraction of sp³-hybridized carbons (Fsp3) is 0.500. The highest BCUT2D eigenvalue weighted by molar-refractivity contribution is 7.89. The Labute approximate surface area is 176 Å². The summed E-state index contributed by atoms with van der Waals surface area (Å²) in [5.41, 5.74) is 2.80.